The minimum atomic E-state index is -0.203. The van der Waals surface area contributed by atoms with Crippen molar-refractivity contribution >= 4 is 44.1 Å². The van der Waals surface area contributed by atoms with Gasteiger partial charge in [0.15, 0.2) is 0 Å². The summed E-state index contributed by atoms with van der Waals surface area (Å²) in [4.78, 5) is 16.6. The topological polar surface area (TPSA) is 68.0 Å². The lowest BCUT2D eigenvalue weighted by atomic mass is 10.1. The zero-order valence-electron chi connectivity index (χ0n) is 11.0. The average Bonchev–Trinajstić information content (AvgIpc) is 2.50. The van der Waals surface area contributed by atoms with Crippen LogP contribution in [0.4, 0.5) is 11.4 Å². The summed E-state index contributed by atoms with van der Waals surface area (Å²) in [7, 11) is 0. The van der Waals surface area contributed by atoms with E-state index >= 15 is 0 Å². The molecule has 0 aliphatic carbocycles. The third-order valence-electron chi connectivity index (χ3n) is 3.15. The molecular formula is C16H12BrN3O. The molecule has 0 saturated carbocycles. The van der Waals surface area contributed by atoms with Crippen LogP contribution in [0.15, 0.2) is 59.2 Å². The Morgan fingerprint density at radius 2 is 2.00 bits per heavy atom. The van der Waals surface area contributed by atoms with Crippen molar-refractivity contribution in [3.63, 3.8) is 0 Å². The molecule has 1 amide bonds. The van der Waals surface area contributed by atoms with Crippen LogP contribution in [-0.2, 0) is 0 Å². The van der Waals surface area contributed by atoms with E-state index in [0.717, 1.165) is 21.1 Å². The fraction of sp³-hybridized carbons (Fsp3) is 0. The summed E-state index contributed by atoms with van der Waals surface area (Å²) >= 11 is 3.31. The van der Waals surface area contributed by atoms with E-state index in [1.807, 2.05) is 30.3 Å². The van der Waals surface area contributed by atoms with E-state index in [9.17, 15) is 4.79 Å². The van der Waals surface area contributed by atoms with Gasteiger partial charge in [-0.2, -0.15) is 0 Å². The van der Waals surface area contributed by atoms with Crippen LogP contribution in [-0.4, -0.2) is 10.9 Å². The van der Waals surface area contributed by atoms with Crippen LogP contribution in [0.2, 0.25) is 0 Å². The zero-order chi connectivity index (χ0) is 14.8. The molecule has 5 heteroatoms. The van der Waals surface area contributed by atoms with Crippen molar-refractivity contribution in [2.45, 2.75) is 0 Å². The summed E-state index contributed by atoms with van der Waals surface area (Å²) in [6, 6.07) is 14.5. The zero-order valence-corrected chi connectivity index (χ0v) is 12.6. The van der Waals surface area contributed by atoms with Crippen molar-refractivity contribution in [1.82, 2.24) is 4.98 Å². The standard InChI is InChI=1S/C16H12BrN3O/c17-12-7-6-10(9-13(12)18)16(21)20-15-5-1-4-14-11(15)3-2-8-19-14/h1-9H,18H2,(H,20,21). The second-order valence-electron chi connectivity index (χ2n) is 4.57. The molecule has 0 bridgehead atoms. The van der Waals surface area contributed by atoms with Crippen LogP contribution < -0.4 is 11.1 Å². The van der Waals surface area contributed by atoms with Crippen molar-refractivity contribution in [3.05, 3.63) is 64.8 Å². The molecule has 1 heterocycles. The summed E-state index contributed by atoms with van der Waals surface area (Å²) in [5.41, 5.74) is 8.41. The maximum atomic E-state index is 12.3. The first-order chi connectivity index (χ1) is 10.1. The normalized spacial score (nSPS) is 10.5. The quantitative estimate of drug-likeness (QED) is 0.696. The van der Waals surface area contributed by atoms with E-state index in [1.165, 1.54) is 0 Å². The van der Waals surface area contributed by atoms with Crippen molar-refractivity contribution in [2.75, 3.05) is 11.1 Å². The highest BCUT2D eigenvalue weighted by Gasteiger charge is 2.09. The van der Waals surface area contributed by atoms with Crippen molar-refractivity contribution in [1.29, 1.82) is 0 Å². The molecule has 0 atom stereocenters. The van der Waals surface area contributed by atoms with Gasteiger partial charge in [0.2, 0.25) is 0 Å². The maximum absolute atomic E-state index is 12.3. The minimum Gasteiger partial charge on any atom is -0.398 e. The number of nitrogens with two attached hydrogens (primary N) is 1. The summed E-state index contributed by atoms with van der Waals surface area (Å²) in [5, 5.41) is 3.80. The first-order valence-electron chi connectivity index (χ1n) is 6.35. The Hall–Kier alpha value is -2.40. The van der Waals surface area contributed by atoms with Gasteiger partial charge < -0.3 is 11.1 Å². The Balaban J connectivity index is 1.94. The predicted molar refractivity (Wildman–Crippen MR) is 88.3 cm³/mol. The molecule has 0 aliphatic heterocycles. The van der Waals surface area contributed by atoms with E-state index in [0.29, 0.717) is 11.3 Å². The summed E-state index contributed by atoms with van der Waals surface area (Å²) < 4.78 is 0.772. The number of nitrogens with zero attached hydrogens (tertiary/aromatic N) is 1. The van der Waals surface area contributed by atoms with Crippen LogP contribution >= 0.6 is 15.9 Å². The number of pyridine rings is 1. The molecule has 1 aromatic heterocycles. The molecule has 0 radical (unpaired) electrons. The van der Waals surface area contributed by atoms with E-state index in [2.05, 4.69) is 26.2 Å². The molecule has 0 fully saturated rings. The highest BCUT2D eigenvalue weighted by molar-refractivity contribution is 9.10. The van der Waals surface area contributed by atoms with E-state index in [-0.39, 0.29) is 5.91 Å². The molecule has 3 rings (SSSR count). The van der Waals surface area contributed by atoms with Gasteiger partial charge in [-0.15, -0.1) is 0 Å². The Morgan fingerprint density at radius 3 is 2.81 bits per heavy atom. The van der Waals surface area contributed by atoms with Crippen LogP contribution in [0.1, 0.15) is 10.4 Å². The van der Waals surface area contributed by atoms with Gasteiger partial charge in [0.1, 0.15) is 0 Å². The SMILES string of the molecule is Nc1cc(C(=O)Nc2cccc3ncccc23)ccc1Br. The van der Waals surface area contributed by atoms with Gasteiger partial charge in [0.25, 0.3) is 5.91 Å². The Kier molecular flexibility index (Phi) is 3.58. The van der Waals surface area contributed by atoms with Gasteiger partial charge in [0, 0.05) is 27.3 Å². The fourth-order valence-corrected chi connectivity index (χ4v) is 2.34. The number of nitrogen functional groups attached to an aromatic ring is 1. The number of anilines is 2. The van der Waals surface area contributed by atoms with E-state index in [1.54, 1.807) is 24.4 Å². The van der Waals surface area contributed by atoms with Crippen LogP contribution in [0, 0.1) is 0 Å². The number of carbonyl (C=O) groups is 1. The number of carbonyl (C=O) groups excluding carboxylic acids is 1. The molecule has 3 N–H and O–H groups in total. The number of nitrogens with one attached hydrogen (secondary N) is 1. The average molecular weight is 342 g/mol. The van der Waals surface area contributed by atoms with Gasteiger partial charge >= 0.3 is 0 Å². The Labute approximate surface area is 130 Å². The lowest BCUT2D eigenvalue weighted by Gasteiger charge is -2.09. The monoisotopic (exact) mass is 341 g/mol. The minimum absolute atomic E-state index is 0.203. The first-order valence-corrected chi connectivity index (χ1v) is 7.14. The fourth-order valence-electron chi connectivity index (χ4n) is 2.09. The summed E-state index contributed by atoms with van der Waals surface area (Å²) in [6.07, 6.45) is 1.73. The largest absolute Gasteiger partial charge is 0.398 e. The number of hydrogen-bond donors (Lipinski definition) is 2. The lowest BCUT2D eigenvalue weighted by Crippen LogP contribution is -2.12. The molecule has 0 saturated heterocycles. The molecule has 0 unspecified atom stereocenters. The number of hydrogen-bond acceptors (Lipinski definition) is 3. The van der Waals surface area contributed by atoms with Crippen molar-refractivity contribution in [3.8, 4) is 0 Å². The van der Waals surface area contributed by atoms with Gasteiger partial charge in [0.05, 0.1) is 11.2 Å². The molecule has 104 valence electrons. The number of benzene rings is 2. The molecular weight excluding hydrogens is 330 g/mol. The van der Waals surface area contributed by atoms with Gasteiger partial charge in [-0.05, 0) is 58.4 Å². The van der Waals surface area contributed by atoms with Crippen molar-refractivity contribution in [2.24, 2.45) is 0 Å². The third kappa shape index (κ3) is 2.73. The second-order valence-corrected chi connectivity index (χ2v) is 5.42. The van der Waals surface area contributed by atoms with Crippen LogP contribution in [0.5, 0.6) is 0 Å². The Bertz CT molecular complexity index is 827. The lowest BCUT2D eigenvalue weighted by molar-refractivity contribution is 0.102. The molecule has 21 heavy (non-hydrogen) atoms. The van der Waals surface area contributed by atoms with Crippen LogP contribution in [0.3, 0.4) is 0 Å². The molecule has 0 aliphatic rings. The first kappa shape index (κ1) is 13.6. The van der Waals surface area contributed by atoms with E-state index < -0.39 is 0 Å². The number of fused-ring (bicyclic) bond motifs is 1. The molecule has 0 spiro atoms. The predicted octanol–water partition coefficient (Wildman–Crippen LogP) is 3.83. The number of rotatable bonds is 2. The molecule has 4 nitrogen and oxygen atoms in total. The number of halogens is 1. The smallest absolute Gasteiger partial charge is 0.255 e. The second kappa shape index (κ2) is 5.54. The van der Waals surface area contributed by atoms with Gasteiger partial charge in [-0.3, -0.25) is 9.78 Å². The third-order valence-corrected chi connectivity index (χ3v) is 3.87. The van der Waals surface area contributed by atoms with Gasteiger partial charge in [-0.1, -0.05) is 6.07 Å². The number of aromatic nitrogens is 1. The Morgan fingerprint density at radius 1 is 1.14 bits per heavy atom. The van der Waals surface area contributed by atoms with Gasteiger partial charge in [-0.25, -0.2) is 0 Å². The van der Waals surface area contributed by atoms with E-state index in [4.69, 9.17) is 5.73 Å². The highest BCUT2D eigenvalue weighted by atomic mass is 79.9. The molecule has 2 aromatic carbocycles. The highest BCUT2D eigenvalue weighted by Crippen LogP contribution is 2.24. The summed E-state index contributed by atoms with van der Waals surface area (Å²) in [5.74, 6) is -0.203. The van der Waals surface area contributed by atoms with Crippen LogP contribution in [0.25, 0.3) is 10.9 Å². The molecule has 3 aromatic rings. The summed E-state index contributed by atoms with van der Waals surface area (Å²) in [6.45, 7) is 0. The number of amides is 1. The van der Waals surface area contributed by atoms with Crippen molar-refractivity contribution < 1.29 is 4.79 Å². The maximum Gasteiger partial charge on any atom is 0.255 e.